The van der Waals surface area contributed by atoms with Gasteiger partial charge >= 0.3 is 0 Å². The Bertz CT molecular complexity index is 597. The van der Waals surface area contributed by atoms with Gasteiger partial charge < -0.3 is 10.6 Å². The molecule has 1 aromatic rings. The van der Waals surface area contributed by atoms with E-state index in [-0.39, 0.29) is 23.5 Å². The predicted molar refractivity (Wildman–Crippen MR) is 75.7 cm³/mol. The maximum Gasteiger partial charge on any atom is 0.251 e. The zero-order chi connectivity index (χ0) is 16.0. The van der Waals surface area contributed by atoms with Crippen LogP contribution in [0, 0.1) is 11.6 Å². The third kappa shape index (κ3) is 4.94. The van der Waals surface area contributed by atoms with Crippen molar-refractivity contribution >= 4 is 21.6 Å². The van der Waals surface area contributed by atoms with Crippen molar-refractivity contribution in [2.75, 3.05) is 31.2 Å². The van der Waals surface area contributed by atoms with Gasteiger partial charge in [0.2, 0.25) is 10.0 Å². The van der Waals surface area contributed by atoms with Gasteiger partial charge in [-0.15, -0.1) is 0 Å². The highest BCUT2D eigenvalue weighted by atomic mass is 32.2. The first kappa shape index (κ1) is 17.3. The lowest BCUT2D eigenvalue weighted by molar-refractivity contribution is 0.0955. The molecule has 0 aliphatic heterocycles. The molecule has 3 N–H and O–H groups in total. The Labute approximate surface area is 122 Å². The fourth-order valence-corrected chi connectivity index (χ4v) is 2.13. The zero-order valence-corrected chi connectivity index (χ0v) is 12.5. The lowest BCUT2D eigenvalue weighted by Crippen LogP contribution is -2.33. The summed E-state index contributed by atoms with van der Waals surface area (Å²) in [6.07, 6.45) is 0. The summed E-state index contributed by atoms with van der Waals surface area (Å²) in [5.41, 5.74) is -0.514. The largest absolute Gasteiger partial charge is 0.381 e. The molecule has 0 aliphatic rings. The van der Waals surface area contributed by atoms with Gasteiger partial charge in [-0.3, -0.25) is 4.79 Å². The van der Waals surface area contributed by atoms with Crippen LogP contribution in [0.25, 0.3) is 0 Å². The molecule has 21 heavy (non-hydrogen) atoms. The van der Waals surface area contributed by atoms with Crippen molar-refractivity contribution in [1.82, 2.24) is 10.0 Å². The van der Waals surface area contributed by atoms with E-state index < -0.39 is 27.6 Å². The van der Waals surface area contributed by atoms with E-state index in [1.807, 2.05) is 0 Å². The fourth-order valence-electron chi connectivity index (χ4n) is 1.55. The molecule has 0 aliphatic carbocycles. The number of benzene rings is 1. The molecule has 0 unspecified atom stereocenters. The number of halogens is 2. The number of hydrogen-bond donors (Lipinski definition) is 3. The fraction of sp³-hybridized carbons (Fsp3) is 0.417. The zero-order valence-electron chi connectivity index (χ0n) is 11.7. The molecule has 0 saturated heterocycles. The van der Waals surface area contributed by atoms with Crippen LogP contribution in [0.15, 0.2) is 12.1 Å². The Morgan fingerprint density at radius 1 is 1.24 bits per heavy atom. The minimum Gasteiger partial charge on any atom is -0.381 e. The van der Waals surface area contributed by atoms with Gasteiger partial charge in [-0.25, -0.2) is 21.9 Å². The minimum atomic E-state index is -3.45. The molecule has 0 saturated carbocycles. The molecule has 1 rings (SSSR count). The summed E-state index contributed by atoms with van der Waals surface area (Å²) in [6, 6.07) is 1.78. The average Bonchev–Trinajstić information content (AvgIpc) is 2.42. The second kappa shape index (κ2) is 7.32. The van der Waals surface area contributed by atoms with Gasteiger partial charge in [-0.2, -0.15) is 0 Å². The highest BCUT2D eigenvalue weighted by Gasteiger charge is 2.15. The van der Waals surface area contributed by atoms with Crippen LogP contribution >= 0.6 is 0 Å². The molecule has 0 heterocycles. The molecule has 0 aromatic heterocycles. The average molecular weight is 321 g/mol. The van der Waals surface area contributed by atoms with Gasteiger partial charge in [0.25, 0.3) is 5.91 Å². The molecule has 0 spiro atoms. The van der Waals surface area contributed by atoms with Crippen molar-refractivity contribution in [3.8, 4) is 0 Å². The predicted octanol–water partition coefficient (Wildman–Crippen LogP) is 0.676. The van der Waals surface area contributed by atoms with E-state index in [0.29, 0.717) is 6.54 Å². The maximum atomic E-state index is 13.6. The third-order valence-corrected chi connectivity index (χ3v) is 3.99. The lowest BCUT2D eigenvalue weighted by Gasteiger charge is -2.09. The molecule has 0 atom stereocenters. The van der Waals surface area contributed by atoms with E-state index in [2.05, 4.69) is 15.4 Å². The van der Waals surface area contributed by atoms with Crippen molar-refractivity contribution in [3.05, 3.63) is 29.3 Å². The van der Waals surface area contributed by atoms with Crippen molar-refractivity contribution in [2.24, 2.45) is 0 Å². The number of rotatable bonds is 7. The Hall–Kier alpha value is -1.74. The van der Waals surface area contributed by atoms with Crippen LogP contribution in [0.1, 0.15) is 17.3 Å². The first-order valence-corrected chi connectivity index (χ1v) is 7.88. The first-order chi connectivity index (χ1) is 9.80. The first-order valence-electron chi connectivity index (χ1n) is 6.23. The highest BCUT2D eigenvalue weighted by molar-refractivity contribution is 7.89. The molecular formula is C12H17F2N3O3S. The number of sulfonamides is 1. The van der Waals surface area contributed by atoms with Crippen LogP contribution in [-0.2, 0) is 10.0 Å². The summed E-state index contributed by atoms with van der Waals surface area (Å²) in [7, 11) is -2.20. The lowest BCUT2D eigenvalue weighted by atomic mass is 10.1. The monoisotopic (exact) mass is 321 g/mol. The van der Waals surface area contributed by atoms with Gasteiger partial charge in [0.1, 0.15) is 17.3 Å². The molecule has 118 valence electrons. The van der Waals surface area contributed by atoms with E-state index in [0.717, 1.165) is 12.1 Å². The van der Waals surface area contributed by atoms with Gasteiger partial charge in [0.15, 0.2) is 0 Å². The van der Waals surface area contributed by atoms with Crippen molar-refractivity contribution < 1.29 is 22.0 Å². The molecule has 0 fully saturated rings. The molecule has 1 aromatic carbocycles. The Morgan fingerprint density at radius 2 is 1.81 bits per heavy atom. The van der Waals surface area contributed by atoms with Gasteiger partial charge in [-0.05, 0) is 26.1 Å². The topological polar surface area (TPSA) is 87.3 Å². The van der Waals surface area contributed by atoms with Crippen molar-refractivity contribution in [2.45, 2.75) is 6.92 Å². The van der Waals surface area contributed by atoms with Crippen LogP contribution in [0.2, 0.25) is 0 Å². The summed E-state index contributed by atoms with van der Waals surface area (Å²) in [5, 5.41) is 4.80. The number of amides is 1. The molecule has 0 bridgehead atoms. The van der Waals surface area contributed by atoms with Gasteiger partial charge in [-0.1, -0.05) is 0 Å². The molecule has 1 amide bonds. The Morgan fingerprint density at radius 3 is 2.29 bits per heavy atom. The van der Waals surface area contributed by atoms with Gasteiger partial charge in [0.05, 0.1) is 5.75 Å². The Kier molecular flexibility index (Phi) is 6.03. The minimum absolute atomic E-state index is 0.166. The van der Waals surface area contributed by atoms with E-state index in [9.17, 15) is 22.0 Å². The summed E-state index contributed by atoms with van der Waals surface area (Å²) >= 11 is 0. The van der Waals surface area contributed by atoms with E-state index >= 15 is 0 Å². The summed E-state index contributed by atoms with van der Waals surface area (Å²) in [5.74, 6) is -2.84. The number of carbonyl (C=O) groups excluding carboxylic acids is 1. The maximum absolute atomic E-state index is 13.6. The molecular weight excluding hydrogens is 304 g/mol. The van der Waals surface area contributed by atoms with E-state index in [1.165, 1.54) is 7.05 Å². The molecule has 9 heteroatoms. The standard InChI is InChI=1S/C12H17F2N3O3S/c1-3-16-11-9(13)6-8(7-10(11)14)12(18)17-4-5-21(19,20)15-2/h6-7,15-16H,3-5H2,1-2H3,(H,17,18). The quantitative estimate of drug-likeness (QED) is 0.689. The van der Waals surface area contributed by atoms with Gasteiger partial charge in [0, 0.05) is 18.7 Å². The van der Waals surface area contributed by atoms with Crippen LogP contribution in [-0.4, -0.2) is 40.2 Å². The molecule has 0 radical (unpaired) electrons. The van der Waals surface area contributed by atoms with Crippen LogP contribution < -0.4 is 15.4 Å². The smallest absolute Gasteiger partial charge is 0.251 e. The Balaban J connectivity index is 2.75. The van der Waals surface area contributed by atoms with Crippen molar-refractivity contribution in [3.63, 3.8) is 0 Å². The van der Waals surface area contributed by atoms with Crippen molar-refractivity contribution in [1.29, 1.82) is 0 Å². The van der Waals surface area contributed by atoms with Crippen LogP contribution in [0.3, 0.4) is 0 Å². The normalized spacial score (nSPS) is 11.2. The van der Waals surface area contributed by atoms with Crippen LogP contribution in [0.4, 0.5) is 14.5 Å². The highest BCUT2D eigenvalue weighted by Crippen LogP contribution is 2.20. The number of carbonyl (C=O) groups is 1. The number of anilines is 1. The number of nitrogens with one attached hydrogen (secondary N) is 3. The third-order valence-electron chi connectivity index (χ3n) is 2.63. The molecule has 6 nitrogen and oxygen atoms in total. The summed E-state index contributed by atoms with van der Waals surface area (Å²) in [4.78, 5) is 11.7. The second-order valence-corrected chi connectivity index (χ2v) is 6.17. The number of hydrogen-bond acceptors (Lipinski definition) is 4. The summed E-state index contributed by atoms with van der Waals surface area (Å²) in [6.45, 7) is 1.85. The van der Waals surface area contributed by atoms with Crippen LogP contribution in [0.5, 0.6) is 0 Å². The van der Waals surface area contributed by atoms with E-state index in [4.69, 9.17) is 0 Å². The summed E-state index contributed by atoms with van der Waals surface area (Å²) < 4.78 is 51.7. The second-order valence-electron chi connectivity index (χ2n) is 4.12. The van der Waals surface area contributed by atoms with E-state index in [1.54, 1.807) is 6.92 Å². The SMILES string of the molecule is CCNc1c(F)cc(C(=O)NCCS(=O)(=O)NC)cc1F.